The summed E-state index contributed by atoms with van der Waals surface area (Å²) in [5.41, 5.74) is 2.60. The first-order chi connectivity index (χ1) is 10.7. The number of fused-ring (bicyclic) bond motifs is 1. The van der Waals surface area contributed by atoms with Crippen LogP contribution in [0.3, 0.4) is 0 Å². The van der Waals surface area contributed by atoms with Gasteiger partial charge < -0.3 is 9.67 Å². The van der Waals surface area contributed by atoms with Crippen LogP contribution >= 0.6 is 0 Å². The molecule has 0 bridgehead atoms. The Hall–Kier alpha value is -2.95. The lowest BCUT2D eigenvalue weighted by Crippen LogP contribution is -2.05. The van der Waals surface area contributed by atoms with Crippen LogP contribution in [0.15, 0.2) is 42.7 Å². The van der Waals surface area contributed by atoms with Crippen LogP contribution in [0.2, 0.25) is 0 Å². The van der Waals surface area contributed by atoms with Crippen molar-refractivity contribution in [2.24, 2.45) is 0 Å². The van der Waals surface area contributed by atoms with E-state index >= 15 is 0 Å². The zero-order valence-electron chi connectivity index (χ0n) is 12.1. The van der Waals surface area contributed by atoms with Gasteiger partial charge in [-0.05, 0) is 48.9 Å². The van der Waals surface area contributed by atoms with Crippen LogP contribution in [0.1, 0.15) is 28.7 Å². The maximum atomic E-state index is 11.1. The monoisotopic (exact) mass is 293 g/mol. The summed E-state index contributed by atoms with van der Waals surface area (Å²) in [7, 11) is 0. The molecular weight excluding hydrogens is 278 g/mol. The first kappa shape index (κ1) is 14.0. The van der Waals surface area contributed by atoms with Gasteiger partial charge in [-0.1, -0.05) is 6.08 Å². The fraction of sp³-hybridized carbons (Fsp3) is 0.118. The summed E-state index contributed by atoms with van der Waals surface area (Å²) in [5, 5.41) is 10.1. The molecule has 0 aliphatic rings. The molecule has 3 rings (SSSR count). The number of carbonyl (C=O) groups is 1. The molecule has 0 atom stereocenters. The van der Waals surface area contributed by atoms with E-state index in [0.717, 1.165) is 16.6 Å². The summed E-state index contributed by atoms with van der Waals surface area (Å²) >= 11 is 0. The number of pyridine rings is 2. The lowest BCUT2D eigenvalue weighted by atomic mass is 10.2. The van der Waals surface area contributed by atoms with Gasteiger partial charge in [0.25, 0.3) is 0 Å². The number of nitrogens with zero attached hydrogens (tertiary/aromatic N) is 3. The number of hydrogen-bond acceptors (Lipinski definition) is 3. The number of carboxylic acids is 1. The topological polar surface area (TPSA) is 68.0 Å². The molecule has 3 aromatic heterocycles. The molecule has 0 radical (unpaired) electrons. The average molecular weight is 293 g/mol. The second-order valence-corrected chi connectivity index (χ2v) is 4.87. The summed E-state index contributed by atoms with van der Waals surface area (Å²) in [6.07, 6.45) is 7.24. The molecule has 0 unspecified atom stereocenters. The summed E-state index contributed by atoms with van der Waals surface area (Å²) in [5.74, 6) is -0.922. The molecule has 3 heterocycles. The van der Waals surface area contributed by atoms with Crippen molar-refractivity contribution in [1.29, 1.82) is 0 Å². The highest BCUT2D eigenvalue weighted by Crippen LogP contribution is 2.14. The van der Waals surface area contributed by atoms with Crippen molar-refractivity contribution in [3.8, 4) is 0 Å². The summed E-state index contributed by atoms with van der Waals surface area (Å²) in [4.78, 5) is 19.8. The van der Waals surface area contributed by atoms with Crippen LogP contribution < -0.4 is 0 Å². The van der Waals surface area contributed by atoms with Gasteiger partial charge in [-0.25, -0.2) is 14.8 Å². The fourth-order valence-electron chi connectivity index (χ4n) is 2.31. The average Bonchev–Trinajstić information content (AvgIpc) is 2.96. The first-order valence-corrected chi connectivity index (χ1v) is 7.00. The van der Waals surface area contributed by atoms with Crippen molar-refractivity contribution in [1.82, 2.24) is 14.5 Å². The molecule has 0 amide bonds. The van der Waals surface area contributed by atoms with Gasteiger partial charge in [0.1, 0.15) is 5.69 Å². The number of aryl methyl sites for hydroxylation is 1. The highest BCUT2D eigenvalue weighted by molar-refractivity contribution is 5.87. The third-order valence-corrected chi connectivity index (χ3v) is 3.41. The van der Waals surface area contributed by atoms with Crippen molar-refractivity contribution < 1.29 is 9.90 Å². The van der Waals surface area contributed by atoms with E-state index in [1.54, 1.807) is 16.8 Å². The van der Waals surface area contributed by atoms with Crippen molar-refractivity contribution in [3.63, 3.8) is 0 Å². The molecule has 0 spiro atoms. The molecule has 0 fully saturated rings. The maximum Gasteiger partial charge on any atom is 0.352 e. The Morgan fingerprint density at radius 3 is 2.91 bits per heavy atom. The Bertz CT molecular complexity index is 865. The third kappa shape index (κ3) is 2.74. The Labute approximate surface area is 127 Å². The SMILES string of the molecule is CCn1cc(/C=C/c2ccc3cccnc3n2)cc1C(=O)O. The molecule has 1 N–H and O–H groups in total. The number of aromatic nitrogens is 3. The fourth-order valence-corrected chi connectivity index (χ4v) is 2.31. The predicted molar refractivity (Wildman–Crippen MR) is 85.5 cm³/mol. The van der Waals surface area contributed by atoms with Crippen molar-refractivity contribution in [3.05, 3.63) is 59.7 Å². The van der Waals surface area contributed by atoms with E-state index in [1.165, 1.54) is 0 Å². The lowest BCUT2D eigenvalue weighted by Gasteiger charge is -1.99. The summed E-state index contributed by atoms with van der Waals surface area (Å²) in [6, 6.07) is 9.37. The van der Waals surface area contributed by atoms with Crippen molar-refractivity contribution >= 4 is 29.2 Å². The van der Waals surface area contributed by atoms with Gasteiger partial charge >= 0.3 is 5.97 Å². The van der Waals surface area contributed by atoms with Crippen LogP contribution in [-0.2, 0) is 6.54 Å². The van der Waals surface area contributed by atoms with Gasteiger partial charge in [-0.15, -0.1) is 0 Å². The van der Waals surface area contributed by atoms with Crippen LogP contribution in [0.4, 0.5) is 0 Å². The molecule has 0 saturated carbocycles. The molecule has 5 heteroatoms. The zero-order chi connectivity index (χ0) is 15.5. The van der Waals surface area contributed by atoms with Gasteiger partial charge in [0, 0.05) is 24.3 Å². The Morgan fingerprint density at radius 1 is 1.32 bits per heavy atom. The molecule has 110 valence electrons. The Kier molecular flexibility index (Phi) is 3.70. The minimum Gasteiger partial charge on any atom is -0.477 e. The maximum absolute atomic E-state index is 11.1. The van der Waals surface area contributed by atoms with Gasteiger partial charge in [0.05, 0.1) is 5.69 Å². The minimum absolute atomic E-state index is 0.287. The number of hydrogen-bond donors (Lipinski definition) is 1. The Morgan fingerprint density at radius 2 is 2.18 bits per heavy atom. The van der Waals surface area contributed by atoms with E-state index in [4.69, 9.17) is 5.11 Å². The van der Waals surface area contributed by atoms with Crippen LogP contribution in [0, 0.1) is 0 Å². The number of rotatable bonds is 4. The molecule has 22 heavy (non-hydrogen) atoms. The van der Waals surface area contributed by atoms with Gasteiger partial charge in [-0.2, -0.15) is 0 Å². The Balaban J connectivity index is 1.90. The molecule has 0 saturated heterocycles. The van der Waals surface area contributed by atoms with Gasteiger partial charge in [0.2, 0.25) is 0 Å². The highest BCUT2D eigenvalue weighted by atomic mass is 16.4. The van der Waals surface area contributed by atoms with Crippen LogP contribution in [0.25, 0.3) is 23.2 Å². The number of aromatic carboxylic acids is 1. The van der Waals surface area contributed by atoms with Crippen LogP contribution in [0.5, 0.6) is 0 Å². The standard InChI is InChI=1S/C17H15N3O2/c1-2-20-11-12(10-15(20)17(21)22)5-7-14-8-6-13-4-3-9-18-16(13)19-14/h3-11H,2H2,1H3,(H,21,22)/b7-5+. The second-order valence-electron chi connectivity index (χ2n) is 4.87. The largest absolute Gasteiger partial charge is 0.477 e. The smallest absolute Gasteiger partial charge is 0.352 e. The van der Waals surface area contributed by atoms with E-state index in [-0.39, 0.29) is 5.69 Å². The molecule has 0 aromatic carbocycles. The van der Waals surface area contributed by atoms with Crippen molar-refractivity contribution in [2.45, 2.75) is 13.5 Å². The third-order valence-electron chi connectivity index (χ3n) is 3.41. The van der Waals surface area contributed by atoms with E-state index in [9.17, 15) is 4.79 Å². The van der Waals surface area contributed by atoms with Gasteiger partial charge in [-0.3, -0.25) is 0 Å². The zero-order valence-corrected chi connectivity index (χ0v) is 12.1. The quantitative estimate of drug-likeness (QED) is 0.801. The first-order valence-electron chi connectivity index (χ1n) is 7.00. The molecular formula is C17H15N3O2. The summed E-state index contributed by atoms with van der Waals surface area (Å²) < 4.78 is 1.71. The lowest BCUT2D eigenvalue weighted by molar-refractivity contribution is 0.0685. The summed E-state index contributed by atoms with van der Waals surface area (Å²) in [6.45, 7) is 2.53. The van der Waals surface area contributed by atoms with Crippen LogP contribution in [-0.4, -0.2) is 25.6 Å². The molecule has 0 aliphatic carbocycles. The van der Waals surface area contributed by atoms with E-state index in [1.807, 2.05) is 49.5 Å². The van der Waals surface area contributed by atoms with Gasteiger partial charge in [0.15, 0.2) is 5.65 Å². The highest BCUT2D eigenvalue weighted by Gasteiger charge is 2.09. The number of carboxylic acid groups (broad SMARTS) is 1. The molecule has 5 nitrogen and oxygen atoms in total. The molecule has 0 aliphatic heterocycles. The second kappa shape index (κ2) is 5.81. The normalized spacial score (nSPS) is 11.3. The van der Waals surface area contributed by atoms with E-state index in [0.29, 0.717) is 12.2 Å². The molecule has 3 aromatic rings. The van der Waals surface area contributed by atoms with E-state index in [2.05, 4.69) is 9.97 Å². The predicted octanol–water partition coefficient (Wildman–Crippen LogP) is 3.32. The van der Waals surface area contributed by atoms with Crippen molar-refractivity contribution in [2.75, 3.05) is 0 Å². The van der Waals surface area contributed by atoms with E-state index < -0.39 is 5.97 Å². The minimum atomic E-state index is -0.922.